The van der Waals surface area contributed by atoms with Crippen LogP contribution in [0.2, 0.25) is 0 Å². The van der Waals surface area contributed by atoms with Crippen LogP contribution in [0.25, 0.3) is 0 Å². The number of hydrogen-bond donors (Lipinski definition) is 1. The van der Waals surface area contributed by atoms with E-state index in [-0.39, 0.29) is 0 Å². The van der Waals surface area contributed by atoms with Gasteiger partial charge in [-0.15, -0.1) is 11.3 Å². The topological polar surface area (TPSA) is 21.3 Å². The van der Waals surface area contributed by atoms with Gasteiger partial charge in [0, 0.05) is 18.0 Å². The van der Waals surface area contributed by atoms with E-state index in [1.807, 2.05) is 6.07 Å². The highest BCUT2D eigenvalue weighted by Crippen LogP contribution is 2.25. The second kappa shape index (κ2) is 7.31. The summed E-state index contributed by atoms with van der Waals surface area (Å²) in [5, 5.41) is 5.50. The molecule has 0 aliphatic carbocycles. The molecule has 0 fully saturated rings. The summed E-state index contributed by atoms with van der Waals surface area (Å²) < 4.78 is 5.86. The largest absolute Gasteiger partial charge is 0.492 e. The Bertz CT molecular complexity index is 479. The van der Waals surface area contributed by atoms with Crippen molar-refractivity contribution >= 4 is 11.3 Å². The summed E-state index contributed by atoms with van der Waals surface area (Å²) in [5.41, 5.74) is 1.28. The Balaban J connectivity index is 1.73. The number of ether oxygens (including phenoxy) is 1. The Labute approximate surface area is 119 Å². The van der Waals surface area contributed by atoms with Crippen LogP contribution in [0, 0.1) is 0 Å². The number of thiophene rings is 1. The lowest BCUT2D eigenvalue weighted by molar-refractivity contribution is 0.309. The summed E-state index contributed by atoms with van der Waals surface area (Å²) in [6.45, 7) is 6.88. The fraction of sp³-hybridized carbons (Fsp3) is 0.375. The molecule has 0 aliphatic heterocycles. The molecule has 0 saturated heterocycles. The second-order valence-corrected chi connectivity index (χ2v) is 5.83. The Hall–Kier alpha value is -1.32. The highest BCUT2D eigenvalue weighted by molar-refractivity contribution is 7.09. The van der Waals surface area contributed by atoms with E-state index in [1.165, 1.54) is 10.4 Å². The summed E-state index contributed by atoms with van der Waals surface area (Å²) in [6, 6.07) is 12.5. The number of para-hydroxylation sites is 1. The van der Waals surface area contributed by atoms with Crippen LogP contribution < -0.4 is 10.1 Å². The van der Waals surface area contributed by atoms with Gasteiger partial charge in [0.1, 0.15) is 12.4 Å². The zero-order valence-corrected chi connectivity index (χ0v) is 12.4. The number of hydrogen-bond acceptors (Lipinski definition) is 3. The van der Waals surface area contributed by atoms with Crippen LogP contribution in [0.5, 0.6) is 5.75 Å². The maximum Gasteiger partial charge on any atom is 0.122 e. The molecule has 102 valence electrons. The fourth-order valence-electron chi connectivity index (χ4n) is 1.95. The van der Waals surface area contributed by atoms with Crippen molar-refractivity contribution in [1.82, 2.24) is 5.32 Å². The third-order valence-corrected chi connectivity index (χ3v) is 3.83. The molecule has 0 amide bonds. The van der Waals surface area contributed by atoms with Crippen LogP contribution in [-0.4, -0.2) is 13.2 Å². The Morgan fingerprint density at radius 3 is 2.74 bits per heavy atom. The minimum Gasteiger partial charge on any atom is -0.492 e. The molecule has 0 spiro atoms. The molecule has 2 nitrogen and oxygen atoms in total. The first kappa shape index (κ1) is 14.1. The first-order chi connectivity index (χ1) is 9.27. The van der Waals surface area contributed by atoms with Crippen LogP contribution >= 0.6 is 11.3 Å². The minimum atomic E-state index is 0.496. The van der Waals surface area contributed by atoms with E-state index in [0.717, 1.165) is 18.8 Å². The number of nitrogens with one attached hydrogen (secondary N) is 1. The summed E-state index contributed by atoms with van der Waals surface area (Å²) >= 11 is 1.78. The van der Waals surface area contributed by atoms with Crippen LogP contribution in [0.3, 0.4) is 0 Å². The van der Waals surface area contributed by atoms with Crippen molar-refractivity contribution < 1.29 is 4.74 Å². The average molecular weight is 275 g/mol. The molecule has 0 atom stereocenters. The molecule has 3 heteroatoms. The van der Waals surface area contributed by atoms with Crippen molar-refractivity contribution in [2.75, 3.05) is 13.2 Å². The van der Waals surface area contributed by atoms with E-state index in [4.69, 9.17) is 4.74 Å². The second-order valence-electron chi connectivity index (χ2n) is 4.80. The van der Waals surface area contributed by atoms with Gasteiger partial charge in [0.05, 0.1) is 0 Å². The third kappa shape index (κ3) is 4.37. The van der Waals surface area contributed by atoms with E-state index in [1.54, 1.807) is 11.3 Å². The van der Waals surface area contributed by atoms with E-state index >= 15 is 0 Å². The first-order valence-electron chi connectivity index (χ1n) is 6.72. The normalized spacial score (nSPS) is 10.9. The van der Waals surface area contributed by atoms with Crippen LogP contribution in [0.1, 0.15) is 30.2 Å². The molecule has 2 rings (SSSR count). The van der Waals surface area contributed by atoms with Gasteiger partial charge in [0.25, 0.3) is 0 Å². The molecule has 1 aromatic carbocycles. The number of rotatable bonds is 7. The monoisotopic (exact) mass is 275 g/mol. The lowest BCUT2D eigenvalue weighted by Crippen LogP contribution is -2.20. The van der Waals surface area contributed by atoms with Crippen molar-refractivity contribution in [1.29, 1.82) is 0 Å². The van der Waals surface area contributed by atoms with Crippen molar-refractivity contribution in [3.05, 3.63) is 52.2 Å². The van der Waals surface area contributed by atoms with Crippen LogP contribution in [0.4, 0.5) is 0 Å². The van der Waals surface area contributed by atoms with Gasteiger partial charge in [-0.25, -0.2) is 0 Å². The molecule has 0 saturated carbocycles. The molecule has 0 unspecified atom stereocenters. The third-order valence-electron chi connectivity index (χ3n) is 2.96. The van der Waals surface area contributed by atoms with E-state index in [0.29, 0.717) is 12.5 Å². The van der Waals surface area contributed by atoms with Gasteiger partial charge in [-0.1, -0.05) is 38.1 Å². The SMILES string of the molecule is CC(C)c1ccccc1OCCNCc1cccs1. The van der Waals surface area contributed by atoms with E-state index < -0.39 is 0 Å². The molecule has 0 radical (unpaired) electrons. The van der Waals surface area contributed by atoms with Crippen molar-refractivity contribution in [2.45, 2.75) is 26.3 Å². The zero-order valence-electron chi connectivity index (χ0n) is 11.6. The number of benzene rings is 1. The predicted octanol–water partition coefficient (Wildman–Crippen LogP) is 4.04. The smallest absolute Gasteiger partial charge is 0.122 e. The van der Waals surface area contributed by atoms with Gasteiger partial charge in [0.2, 0.25) is 0 Å². The van der Waals surface area contributed by atoms with Gasteiger partial charge in [-0.05, 0) is 29.0 Å². The first-order valence-corrected chi connectivity index (χ1v) is 7.60. The zero-order chi connectivity index (χ0) is 13.5. The van der Waals surface area contributed by atoms with Crippen LogP contribution in [-0.2, 0) is 6.54 Å². The fourth-order valence-corrected chi connectivity index (χ4v) is 2.62. The van der Waals surface area contributed by atoms with Gasteiger partial charge in [-0.3, -0.25) is 0 Å². The lowest BCUT2D eigenvalue weighted by Gasteiger charge is -2.13. The quantitative estimate of drug-likeness (QED) is 0.770. The van der Waals surface area contributed by atoms with Crippen LogP contribution in [0.15, 0.2) is 41.8 Å². The Kier molecular flexibility index (Phi) is 5.43. The molecule has 1 N–H and O–H groups in total. The maximum atomic E-state index is 5.86. The van der Waals surface area contributed by atoms with Crippen molar-refractivity contribution in [3.63, 3.8) is 0 Å². The van der Waals surface area contributed by atoms with Gasteiger partial charge in [-0.2, -0.15) is 0 Å². The minimum absolute atomic E-state index is 0.496. The van der Waals surface area contributed by atoms with E-state index in [2.05, 4.69) is 54.9 Å². The molecule has 1 aromatic heterocycles. The van der Waals surface area contributed by atoms with Gasteiger partial charge < -0.3 is 10.1 Å². The molecular weight excluding hydrogens is 254 g/mol. The average Bonchev–Trinajstić information content (AvgIpc) is 2.92. The van der Waals surface area contributed by atoms with E-state index in [9.17, 15) is 0 Å². The molecular formula is C16H21NOS. The summed E-state index contributed by atoms with van der Waals surface area (Å²) in [5.74, 6) is 1.51. The van der Waals surface area contributed by atoms with Gasteiger partial charge in [0.15, 0.2) is 0 Å². The summed E-state index contributed by atoms with van der Waals surface area (Å²) in [4.78, 5) is 1.36. The molecule has 0 aliphatic rings. The molecule has 19 heavy (non-hydrogen) atoms. The summed E-state index contributed by atoms with van der Waals surface area (Å²) in [7, 11) is 0. The summed E-state index contributed by atoms with van der Waals surface area (Å²) in [6.07, 6.45) is 0. The Morgan fingerprint density at radius 2 is 2.00 bits per heavy atom. The highest BCUT2D eigenvalue weighted by atomic mass is 32.1. The standard InChI is InChI=1S/C16H21NOS/c1-13(2)15-7-3-4-8-16(15)18-10-9-17-12-14-6-5-11-19-14/h3-8,11,13,17H,9-10,12H2,1-2H3. The highest BCUT2D eigenvalue weighted by Gasteiger charge is 2.06. The van der Waals surface area contributed by atoms with Crippen molar-refractivity contribution in [3.8, 4) is 5.75 Å². The Morgan fingerprint density at radius 1 is 1.16 bits per heavy atom. The molecule has 0 bridgehead atoms. The van der Waals surface area contributed by atoms with Crippen molar-refractivity contribution in [2.24, 2.45) is 0 Å². The maximum absolute atomic E-state index is 5.86. The predicted molar refractivity (Wildman–Crippen MR) is 82.1 cm³/mol. The molecule has 2 aromatic rings. The van der Waals surface area contributed by atoms with Gasteiger partial charge >= 0.3 is 0 Å². The lowest BCUT2D eigenvalue weighted by atomic mass is 10.0. The molecule has 1 heterocycles.